The summed E-state index contributed by atoms with van der Waals surface area (Å²) in [5, 5.41) is 8.74. The van der Waals surface area contributed by atoms with E-state index in [-0.39, 0.29) is 12.1 Å². The quantitative estimate of drug-likeness (QED) is 0.744. The number of carboxylic acids is 1. The van der Waals surface area contributed by atoms with Gasteiger partial charge in [0.15, 0.2) is 0 Å². The molecule has 3 N–H and O–H groups in total. The number of aromatic carboxylic acids is 1. The Hall–Kier alpha value is -2.18. The zero-order chi connectivity index (χ0) is 13.7. The summed E-state index contributed by atoms with van der Waals surface area (Å²) in [6, 6.07) is 0. The van der Waals surface area contributed by atoms with E-state index in [1.807, 2.05) is 13.8 Å². The van der Waals surface area contributed by atoms with Gasteiger partial charge in [0.05, 0.1) is 12.1 Å². The van der Waals surface area contributed by atoms with E-state index in [0.717, 1.165) is 0 Å². The Morgan fingerprint density at radius 2 is 1.94 bits per heavy atom. The minimum absolute atomic E-state index is 0.00215. The Morgan fingerprint density at radius 1 is 1.39 bits per heavy atom. The van der Waals surface area contributed by atoms with E-state index in [4.69, 9.17) is 10.8 Å². The van der Waals surface area contributed by atoms with Crippen molar-refractivity contribution in [3.63, 3.8) is 0 Å². The predicted octanol–water partition coefficient (Wildman–Crippen LogP) is 0.122. The molecule has 0 aliphatic rings. The first kappa shape index (κ1) is 13.9. The molecule has 1 rings (SSSR count). The summed E-state index contributed by atoms with van der Waals surface area (Å²) in [6.45, 7) is 4.54. The minimum atomic E-state index is -1.09. The van der Waals surface area contributed by atoms with E-state index in [2.05, 4.69) is 9.97 Å². The highest BCUT2D eigenvalue weighted by Crippen LogP contribution is 2.09. The summed E-state index contributed by atoms with van der Waals surface area (Å²) in [7, 11) is 0. The molecule has 98 valence electrons. The number of nitrogens with two attached hydrogens (primary N) is 1. The monoisotopic (exact) mass is 252 g/mol. The second-order valence-electron chi connectivity index (χ2n) is 4.32. The van der Waals surface area contributed by atoms with Gasteiger partial charge in [-0.15, -0.1) is 0 Å². The molecule has 0 aromatic carbocycles. The number of carbonyl (C=O) groups excluding carboxylic acids is 1. The summed E-state index contributed by atoms with van der Waals surface area (Å²) in [6.07, 6.45) is 2.41. The van der Waals surface area contributed by atoms with Crippen LogP contribution >= 0.6 is 0 Å². The molecule has 0 unspecified atom stereocenters. The average Bonchev–Trinajstić information content (AvgIpc) is 2.27. The third-order valence-electron chi connectivity index (χ3n) is 2.10. The number of nitrogens with zero attached hydrogens (tertiary/aromatic N) is 3. The van der Waals surface area contributed by atoms with Gasteiger partial charge < -0.3 is 15.7 Å². The van der Waals surface area contributed by atoms with E-state index in [9.17, 15) is 9.59 Å². The van der Waals surface area contributed by atoms with Gasteiger partial charge in [0.25, 0.3) is 0 Å². The van der Waals surface area contributed by atoms with Crippen molar-refractivity contribution in [2.75, 3.05) is 18.0 Å². The van der Waals surface area contributed by atoms with E-state index in [1.165, 1.54) is 12.4 Å². The highest BCUT2D eigenvalue weighted by Gasteiger charge is 2.14. The number of aromatic nitrogens is 2. The molecule has 1 aromatic heterocycles. The van der Waals surface area contributed by atoms with Gasteiger partial charge in [-0.2, -0.15) is 0 Å². The van der Waals surface area contributed by atoms with Crippen LogP contribution < -0.4 is 10.6 Å². The van der Waals surface area contributed by atoms with Gasteiger partial charge in [-0.25, -0.2) is 14.8 Å². The van der Waals surface area contributed by atoms with Crippen LogP contribution in [0.25, 0.3) is 0 Å². The molecule has 18 heavy (non-hydrogen) atoms. The van der Waals surface area contributed by atoms with E-state index in [0.29, 0.717) is 18.4 Å². The molecule has 1 heterocycles. The maximum atomic E-state index is 11.0. The number of amides is 1. The molecule has 0 fully saturated rings. The van der Waals surface area contributed by atoms with Crippen molar-refractivity contribution >= 4 is 17.8 Å². The first-order valence-electron chi connectivity index (χ1n) is 5.48. The van der Waals surface area contributed by atoms with Crippen molar-refractivity contribution in [1.29, 1.82) is 0 Å². The lowest BCUT2D eigenvalue weighted by Crippen LogP contribution is -2.37. The van der Waals surface area contributed by atoms with Crippen molar-refractivity contribution in [1.82, 2.24) is 9.97 Å². The molecule has 7 heteroatoms. The number of carboxylic acid groups (broad SMARTS) is 1. The lowest BCUT2D eigenvalue weighted by atomic mass is 10.2. The zero-order valence-corrected chi connectivity index (χ0v) is 10.3. The van der Waals surface area contributed by atoms with Crippen molar-refractivity contribution in [3.05, 3.63) is 18.0 Å². The molecule has 0 saturated carbocycles. The van der Waals surface area contributed by atoms with Crippen molar-refractivity contribution in [2.45, 2.75) is 13.8 Å². The van der Waals surface area contributed by atoms with Crippen LogP contribution in [0.3, 0.4) is 0 Å². The van der Waals surface area contributed by atoms with E-state index >= 15 is 0 Å². The van der Waals surface area contributed by atoms with Crippen LogP contribution in [0.2, 0.25) is 0 Å². The Labute approximate surface area is 105 Å². The number of rotatable bonds is 6. The van der Waals surface area contributed by atoms with Crippen LogP contribution in [0.5, 0.6) is 0 Å². The van der Waals surface area contributed by atoms with Gasteiger partial charge in [0.2, 0.25) is 11.9 Å². The van der Waals surface area contributed by atoms with Gasteiger partial charge in [-0.1, -0.05) is 13.8 Å². The number of primary amides is 1. The zero-order valence-electron chi connectivity index (χ0n) is 10.3. The van der Waals surface area contributed by atoms with Crippen molar-refractivity contribution < 1.29 is 14.7 Å². The largest absolute Gasteiger partial charge is 0.478 e. The Kier molecular flexibility index (Phi) is 4.59. The molecule has 0 spiro atoms. The topological polar surface area (TPSA) is 109 Å². The fraction of sp³-hybridized carbons (Fsp3) is 0.455. The van der Waals surface area contributed by atoms with Crippen LogP contribution in [0.4, 0.5) is 5.95 Å². The van der Waals surface area contributed by atoms with E-state index < -0.39 is 11.9 Å². The molecule has 7 nitrogen and oxygen atoms in total. The first-order valence-corrected chi connectivity index (χ1v) is 5.48. The fourth-order valence-corrected chi connectivity index (χ4v) is 1.44. The molecule has 0 radical (unpaired) electrons. The maximum Gasteiger partial charge on any atom is 0.338 e. The van der Waals surface area contributed by atoms with Gasteiger partial charge in [-0.05, 0) is 5.92 Å². The molecule has 1 amide bonds. The molecule has 0 aliphatic heterocycles. The highest BCUT2D eigenvalue weighted by molar-refractivity contribution is 5.86. The molecule has 1 aromatic rings. The number of anilines is 1. The third-order valence-corrected chi connectivity index (χ3v) is 2.10. The Morgan fingerprint density at radius 3 is 2.33 bits per heavy atom. The summed E-state index contributed by atoms with van der Waals surface area (Å²) >= 11 is 0. The van der Waals surface area contributed by atoms with Gasteiger partial charge in [-0.3, -0.25) is 4.79 Å². The van der Waals surface area contributed by atoms with Crippen LogP contribution in [-0.4, -0.2) is 40.0 Å². The molecule has 0 aliphatic carbocycles. The first-order chi connectivity index (χ1) is 8.40. The summed E-state index contributed by atoms with van der Waals surface area (Å²) in [5.74, 6) is -0.979. The number of hydrogen-bond donors (Lipinski definition) is 2. The highest BCUT2D eigenvalue weighted by atomic mass is 16.4. The predicted molar refractivity (Wildman–Crippen MR) is 65.2 cm³/mol. The standard InChI is InChI=1S/C11H16N4O3/c1-7(2)5-15(6-9(12)16)11-13-3-8(4-14-11)10(17)18/h3-4,7H,5-6H2,1-2H3,(H2,12,16)(H,17,18). The van der Waals surface area contributed by atoms with Crippen LogP contribution in [0, 0.1) is 5.92 Å². The number of hydrogen-bond acceptors (Lipinski definition) is 5. The molecule has 0 bridgehead atoms. The lowest BCUT2D eigenvalue weighted by molar-refractivity contribution is -0.116. The smallest absolute Gasteiger partial charge is 0.338 e. The summed E-state index contributed by atoms with van der Waals surface area (Å²) in [5.41, 5.74) is 5.16. The van der Waals surface area contributed by atoms with Gasteiger partial charge >= 0.3 is 5.97 Å². The average molecular weight is 252 g/mol. The SMILES string of the molecule is CC(C)CN(CC(N)=O)c1ncc(C(=O)O)cn1. The normalized spacial score (nSPS) is 10.4. The van der Waals surface area contributed by atoms with Crippen LogP contribution in [0.1, 0.15) is 24.2 Å². The minimum Gasteiger partial charge on any atom is -0.478 e. The number of carbonyl (C=O) groups is 2. The molecule has 0 saturated heterocycles. The van der Waals surface area contributed by atoms with E-state index in [1.54, 1.807) is 4.90 Å². The van der Waals surface area contributed by atoms with Crippen LogP contribution in [0.15, 0.2) is 12.4 Å². The second-order valence-corrected chi connectivity index (χ2v) is 4.32. The summed E-state index contributed by atoms with van der Waals surface area (Å²) in [4.78, 5) is 31.1. The Bertz CT molecular complexity index is 430. The van der Waals surface area contributed by atoms with Gasteiger partial charge in [0, 0.05) is 18.9 Å². The summed E-state index contributed by atoms with van der Waals surface area (Å²) < 4.78 is 0. The lowest BCUT2D eigenvalue weighted by Gasteiger charge is -2.22. The maximum absolute atomic E-state index is 11.0. The van der Waals surface area contributed by atoms with Gasteiger partial charge in [0.1, 0.15) is 0 Å². The second kappa shape index (κ2) is 5.95. The fourth-order valence-electron chi connectivity index (χ4n) is 1.44. The van der Waals surface area contributed by atoms with Crippen LogP contribution in [-0.2, 0) is 4.79 Å². The Balaban J connectivity index is 2.90. The molecular weight excluding hydrogens is 236 g/mol. The molecular formula is C11H16N4O3. The molecule has 0 atom stereocenters. The van der Waals surface area contributed by atoms with Crippen molar-refractivity contribution in [2.24, 2.45) is 11.7 Å². The van der Waals surface area contributed by atoms with Crippen molar-refractivity contribution in [3.8, 4) is 0 Å². The third kappa shape index (κ3) is 4.00.